The number of sulfone groups is 1. The second kappa shape index (κ2) is 3.81. The molecule has 0 spiro atoms. The summed E-state index contributed by atoms with van der Waals surface area (Å²) in [6.45, 7) is 0.877. The lowest BCUT2D eigenvalue weighted by atomic mass is 10.0. The van der Waals surface area contributed by atoms with Gasteiger partial charge in [0.15, 0.2) is 9.84 Å². The lowest BCUT2D eigenvalue weighted by molar-refractivity contribution is 0.452. The van der Waals surface area contributed by atoms with Crippen LogP contribution in [0, 0.1) is 0 Å². The van der Waals surface area contributed by atoms with Crippen LogP contribution >= 0.6 is 0 Å². The number of imidazole rings is 1. The highest BCUT2D eigenvalue weighted by Gasteiger charge is 2.33. The van der Waals surface area contributed by atoms with Crippen LogP contribution in [0.4, 0.5) is 0 Å². The molecule has 6 heteroatoms. The highest BCUT2D eigenvalue weighted by Crippen LogP contribution is 2.30. The molecule has 1 fully saturated rings. The smallest absolute Gasteiger partial charge is 0.151 e. The van der Waals surface area contributed by atoms with E-state index in [-0.39, 0.29) is 17.7 Å². The Morgan fingerprint density at radius 2 is 2.24 bits per heavy atom. The second-order valence-corrected chi connectivity index (χ2v) is 7.34. The van der Waals surface area contributed by atoms with E-state index in [9.17, 15) is 8.42 Å². The van der Waals surface area contributed by atoms with E-state index in [1.165, 1.54) is 0 Å². The van der Waals surface area contributed by atoms with E-state index < -0.39 is 9.84 Å². The lowest BCUT2D eigenvalue weighted by Gasteiger charge is -2.23. The van der Waals surface area contributed by atoms with Gasteiger partial charge >= 0.3 is 0 Å². The minimum atomic E-state index is -2.84. The molecule has 3 rings (SSSR count). The summed E-state index contributed by atoms with van der Waals surface area (Å²) in [6.07, 6.45) is 4.38. The first-order chi connectivity index (χ1) is 8.05. The number of fused-ring (bicyclic) bond motifs is 1. The molecule has 94 valence electrons. The van der Waals surface area contributed by atoms with Crippen molar-refractivity contribution in [3.05, 3.63) is 17.7 Å². The Labute approximate surface area is 101 Å². The predicted octanol–water partition coefficient (Wildman–Crippen LogP) is 0.0587. The fraction of sp³-hybridized carbons (Fsp3) is 0.727. The normalized spacial score (nSPS) is 31.4. The Morgan fingerprint density at radius 1 is 1.41 bits per heavy atom. The van der Waals surface area contributed by atoms with Gasteiger partial charge in [-0.2, -0.15) is 0 Å². The molecular formula is C11H17N3O2S. The summed E-state index contributed by atoms with van der Waals surface area (Å²) in [4.78, 5) is 4.42. The van der Waals surface area contributed by atoms with E-state index in [0.717, 1.165) is 30.9 Å². The van der Waals surface area contributed by atoms with E-state index >= 15 is 0 Å². The van der Waals surface area contributed by atoms with Crippen LogP contribution in [0.1, 0.15) is 30.3 Å². The molecule has 17 heavy (non-hydrogen) atoms. The van der Waals surface area contributed by atoms with Gasteiger partial charge in [0.05, 0.1) is 11.5 Å². The number of aromatic nitrogens is 2. The standard InChI is InChI=1S/C11H17N3O2S/c12-9-1-3-14-10(5-9)6-13-11(14)8-2-4-17(15,16)7-8/h6,8-9H,1-5,7,12H2. The molecule has 1 saturated heterocycles. The molecule has 5 nitrogen and oxygen atoms in total. The van der Waals surface area contributed by atoms with Crippen LogP contribution in [0.15, 0.2) is 6.20 Å². The van der Waals surface area contributed by atoms with E-state index in [4.69, 9.17) is 5.73 Å². The van der Waals surface area contributed by atoms with Crippen molar-refractivity contribution in [2.75, 3.05) is 11.5 Å². The van der Waals surface area contributed by atoms with Gasteiger partial charge in [-0.05, 0) is 12.8 Å². The first-order valence-corrected chi connectivity index (χ1v) is 7.87. The molecule has 2 aliphatic heterocycles. The summed E-state index contributed by atoms with van der Waals surface area (Å²) in [6, 6.07) is 0.222. The lowest BCUT2D eigenvalue weighted by Crippen LogP contribution is -2.31. The maximum Gasteiger partial charge on any atom is 0.151 e. The van der Waals surface area contributed by atoms with Gasteiger partial charge in [-0.15, -0.1) is 0 Å². The molecule has 0 radical (unpaired) electrons. The van der Waals surface area contributed by atoms with Crippen molar-refractivity contribution in [3.8, 4) is 0 Å². The third-order valence-electron chi connectivity index (χ3n) is 3.76. The maximum absolute atomic E-state index is 11.5. The molecule has 1 aromatic rings. The molecule has 0 amide bonds. The van der Waals surface area contributed by atoms with Gasteiger partial charge in [0.25, 0.3) is 0 Å². The fourth-order valence-electron chi connectivity index (χ4n) is 2.84. The van der Waals surface area contributed by atoms with Crippen LogP contribution in [-0.2, 0) is 22.8 Å². The first kappa shape index (κ1) is 11.2. The van der Waals surface area contributed by atoms with Crippen LogP contribution in [0.3, 0.4) is 0 Å². The number of hydrogen-bond donors (Lipinski definition) is 1. The van der Waals surface area contributed by atoms with Crippen LogP contribution < -0.4 is 5.73 Å². The quantitative estimate of drug-likeness (QED) is 0.769. The second-order valence-electron chi connectivity index (χ2n) is 5.11. The average Bonchev–Trinajstić information content (AvgIpc) is 2.80. The molecule has 3 heterocycles. The number of rotatable bonds is 1. The highest BCUT2D eigenvalue weighted by molar-refractivity contribution is 7.91. The summed E-state index contributed by atoms with van der Waals surface area (Å²) in [7, 11) is -2.84. The maximum atomic E-state index is 11.5. The summed E-state index contributed by atoms with van der Waals surface area (Å²) in [5.74, 6) is 1.60. The monoisotopic (exact) mass is 255 g/mol. The third-order valence-corrected chi connectivity index (χ3v) is 5.53. The molecule has 2 N–H and O–H groups in total. The zero-order valence-corrected chi connectivity index (χ0v) is 10.5. The minimum absolute atomic E-state index is 0.0862. The van der Waals surface area contributed by atoms with E-state index in [1.807, 2.05) is 6.20 Å². The third kappa shape index (κ3) is 1.99. The molecule has 0 saturated carbocycles. The Balaban J connectivity index is 1.90. The molecule has 1 aromatic heterocycles. The molecule has 0 aliphatic carbocycles. The van der Waals surface area contributed by atoms with E-state index in [1.54, 1.807) is 0 Å². The van der Waals surface area contributed by atoms with Gasteiger partial charge < -0.3 is 10.3 Å². The van der Waals surface area contributed by atoms with Crippen molar-refractivity contribution in [2.45, 2.75) is 37.8 Å². The summed E-state index contributed by atoms with van der Waals surface area (Å²) >= 11 is 0. The highest BCUT2D eigenvalue weighted by atomic mass is 32.2. The Hall–Kier alpha value is -0.880. The van der Waals surface area contributed by atoms with E-state index in [0.29, 0.717) is 12.2 Å². The number of nitrogens with zero attached hydrogens (tertiary/aromatic N) is 2. The van der Waals surface area contributed by atoms with Crippen molar-refractivity contribution in [1.29, 1.82) is 0 Å². The first-order valence-electron chi connectivity index (χ1n) is 6.05. The van der Waals surface area contributed by atoms with E-state index in [2.05, 4.69) is 9.55 Å². The molecular weight excluding hydrogens is 238 g/mol. The zero-order valence-electron chi connectivity index (χ0n) is 9.67. The Morgan fingerprint density at radius 3 is 2.94 bits per heavy atom. The van der Waals surface area contributed by atoms with Gasteiger partial charge in [-0.25, -0.2) is 13.4 Å². The number of nitrogens with two attached hydrogens (primary N) is 1. The minimum Gasteiger partial charge on any atom is -0.332 e. The Bertz CT molecular complexity index is 535. The van der Waals surface area contributed by atoms with Crippen molar-refractivity contribution in [1.82, 2.24) is 9.55 Å². The van der Waals surface area contributed by atoms with Crippen molar-refractivity contribution in [3.63, 3.8) is 0 Å². The summed E-state index contributed by atoms with van der Waals surface area (Å²) in [5.41, 5.74) is 7.07. The zero-order chi connectivity index (χ0) is 12.0. The molecule has 0 aromatic carbocycles. The summed E-state index contributed by atoms with van der Waals surface area (Å²) < 4.78 is 25.2. The van der Waals surface area contributed by atoms with Crippen molar-refractivity contribution >= 4 is 9.84 Å². The van der Waals surface area contributed by atoms with Gasteiger partial charge in [-0.1, -0.05) is 0 Å². The molecule has 2 aliphatic rings. The van der Waals surface area contributed by atoms with Crippen LogP contribution in [0.5, 0.6) is 0 Å². The molecule has 2 unspecified atom stereocenters. The largest absolute Gasteiger partial charge is 0.332 e. The SMILES string of the molecule is NC1CCn2c(cnc2C2CCS(=O)(=O)C2)C1. The van der Waals surface area contributed by atoms with Crippen molar-refractivity contribution < 1.29 is 8.42 Å². The van der Waals surface area contributed by atoms with Gasteiger partial charge in [0.1, 0.15) is 5.82 Å². The Kier molecular flexibility index (Phi) is 2.52. The van der Waals surface area contributed by atoms with Gasteiger partial charge in [0, 0.05) is 36.8 Å². The molecule has 0 bridgehead atoms. The molecule has 2 atom stereocenters. The summed E-state index contributed by atoms with van der Waals surface area (Å²) in [5, 5.41) is 0. The predicted molar refractivity (Wildman–Crippen MR) is 64.5 cm³/mol. The fourth-order valence-corrected chi connectivity index (χ4v) is 4.58. The average molecular weight is 255 g/mol. The van der Waals surface area contributed by atoms with Crippen molar-refractivity contribution in [2.24, 2.45) is 5.73 Å². The van der Waals surface area contributed by atoms with Crippen LogP contribution in [0.25, 0.3) is 0 Å². The van der Waals surface area contributed by atoms with Gasteiger partial charge in [0.2, 0.25) is 0 Å². The number of hydrogen-bond acceptors (Lipinski definition) is 4. The van der Waals surface area contributed by atoms with Crippen LogP contribution in [-0.4, -0.2) is 35.5 Å². The van der Waals surface area contributed by atoms with Gasteiger partial charge in [-0.3, -0.25) is 0 Å². The topological polar surface area (TPSA) is 78.0 Å². The van der Waals surface area contributed by atoms with Crippen LogP contribution in [0.2, 0.25) is 0 Å².